The normalized spacial score (nSPS) is 18.1. The molecule has 3 aromatic rings. The molecule has 1 aliphatic heterocycles. The van der Waals surface area contributed by atoms with E-state index in [0.717, 1.165) is 25.7 Å². The van der Waals surface area contributed by atoms with Crippen LogP contribution in [0.5, 0.6) is 0 Å². The third kappa shape index (κ3) is 4.84. The number of halogens is 3. The van der Waals surface area contributed by atoms with Crippen molar-refractivity contribution in [1.29, 1.82) is 0 Å². The number of hydrogen-bond donors (Lipinski definition) is 1. The molecule has 1 aromatic carbocycles. The lowest BCUT2D eigenvalue weighted by atomic mass is 9.99. The third-order valence-corrected chi connectivity index (χ3v) is 8.39. The smallest absolute Gasteiger partial charge is 0.263 e. The van der Waals surface area contributed by atoms with Crippen molar-refractivity contribution >= 4 is 43.4 Å². The van der Waals surface area contributed by atoms with Gasteiger partial charge in [0.15, 0.2) is 0 Å². The molecule has 2 aromatic heterocycles. The summed E-state index contributed by atoms with van der Waals surface area (Å²) in [6.07, 6.45) is 4.54. The largest absolute Gasteiger partial charge is 0.380 e. The summed E-state index contributed by atoms with van der Waals surface area (Å²) in [6.45, 7) is 1.15. The van der Waals surface area contributed by atoms with Crippen molar-refractivity contribution in [3.8, 4) is 23.0 Å². The van der Waals surface area contributed by atoms with Crippen molar-refractivity contribution < 1.29 is 18.7 Å². The van der Waals surface area contributed by atoms with Crippen LogP contribution in [0.1, 0.15) is 37.5 Å². The molecule has 188 valence electrons. The first-order valence-electron chi connectivity index (χ1n) is 11.8. The Morgan fingerprint density at radius 1 is 1.36 bits per heavy atom. The first-order valence-corrected chi connectivity index (χ1v) is 13.4. The number of nitrogens with zero attached hydrogens (tertiary/aromatic N) is 3. The Kier molecular flexibility index (Phi) is 6.74. The van der Waals surface area contributed by atoms with E-state index in [0.29, 0.717) is 20.8 Å². The highest BCUT2D eigenvalue weighted by molar-refractivity contribution is 9.10. The minimum Gasteiger partial charge on any atom is -0.380 e. The Morgan fingerprint density at radius 3 is 2.75 bits per heavy atom. The molecule has 1 amide bonds. The number of aromatic nitrogens is 2. The maximum Gasteiger partial charge on any atom is 0.263 e. The standard InChI is InChI=1S/C26H24BrF2N3O3S/c1-26(29)12-32(13-26)21(34)11-31-14-30-24-23(25(31)35)22(16-6-7-18(28)17(27)10-16)20(36-24)9-8-19(33)15-4-2-3-5-15/h6-7,10,14-15,19,33H,2-5,11-13H2,1H3. The number of hydrogen-bond acceptors (Lipinski definition) is 5. The Labute approximate surface area is 219 Å². The van der Waals surface area contributed by atoms with Gasteiger partial charge < -0.3 is 10.0 Å². The number of fused-ring (bicyclic) bond motifs is 1. The van der Waals surface area contributed by atoms with Crippen LogP contribution in [-0.4, -0.2) is 50.3 Å². The number of carbonyl (C=O) groups excluding carboxylic acids is 1. The van der Waals surface area contributed by atoms with E-state index >= 15 is 0 Å². The van der Waals surface area contributed by atoms with E-state index in [1.54, 1.807) is 12.1 Å². The molecule has 1 saturated heterocycles. The quantitative estimate of drug-likeness (QED) is 0.465. The van der Waals surface area contributed by atoms with E-state index in [-0.39, 0.29) is 41.3 Å². The molecule has 0 radical (unpaired) electrons. The van der Waals surface area contributed by atoms with Gasteiger partial charge in [-0.25, -0.2) is 13.8 Å². The molecule has 2 aliphatic rings. The first-order chi connectivity index (χ1) is 17.1. The zero-order chi connectivity index (χ0) is 25.6. The maximum atomic E-state index is 14.0. The van der Waals surface area contributed by atoms with E-state index in [1.165, 1.54) is 40.1 Å². The van der Waals surface area contributed by atoms with Crippen molar-refractivity contribution in [1.82, 2.24) is 14.5 Å². The fraction of sp³-hybridized carbons (Fsp3) is 0.423. The summed E-state index contributed by atoms with van der Waals surface area (Å²) in [6, 6.07) is 4.42. The van der Waals surface area contributed by atoms with Gasteiger partial charge in [-0.1, -0.05) is 30.7 Å². The van der Waals surface area contributed by atoms with E-state index in [9.17, 15) is 23.5 Å². The summed E-state index contributed by atoms with van der Waals surface area (Å²) in [5.74, 6) is 5.31. The summed E-state index contributed by atoms with van der Waals surface area (Å²) in [5, 5.41) is 10.8. The van der Waals surface area contributed by atoms with E-state index in [4.69, 9.17) is 0 Å². The van der Waals surface area contributed by atoms with E-state index < -0.39 is 23.1 Å². The average molecular weight is 576 g/mol. The number of rotatable bonds is 4. The maximum absolute atomic E-state index is 14.0. The first kappa shape index (κ1) is 25.1. The van der Waals surface area contributed by atoms with Crippen molar-refractivity contribution in [2.75, 3.05) is 13.1 Å². The molecular formula is C26H24BrF2N3O3S. The Bertz CT molecular complexity index is 1460. The van der Waals surface area contributed by atoms with Gasteiger partial charge in [0.05, 0.1) is 34.2 Å². The molecule has 0 bridgehead atoms. The molecule has 36 heavy (non-hydrogen) atoms. The number of aliphatic hydroxyl groups excluding tert-OH is 1. The number of benzene rings is 1. The van der Waals surface area contributed by atoms with Crippen LogP contribution in [0.3, 0.4) is 0 Å². The molecule has 1 unspecified atom stereocenters. The number of alkyl halides is 1. The summed E-state index contributed by atoms with van der Waals surface area (Å²) in [4.78, 5) is 32.8. The van der Waals surface area contributed by atoms with E-state index in [2.05, 4.69) is 32.8 Å². The van der Waals surface area contributed by atoms with Crippen LogP contribution in [0, 0.1) is 23.6 Å². The van der Waals surface area contributed by atoms with Crippen molar-refractivity contribution in [3.05, 3.63) is 50.0 Å². The molecule has 1 saturated carbocycles. The van der Waals surface area contributed by atoms with Gasteiger partial charge in [-0.05, 0) is 59.3 Å². The lowest BCUT2D eigenvalue weighted by Gasteiger charge is -2.42. The van der Waals surface area contributed by atoms with Crippen LogP contribution >= 0.6 is 27.3 Å². The number of amides is 1. The average Bonchev–Trinajstić information content (AvgIpc) is 3.48. The summed E-state index contributed by atoms with van der Waals surface area (Å²) in [5.41, 5.74) is -0.793. The molecule has 2 fully saturated rings. The summed E-state index contributed by atoms with van der Waals surface area (Å²) in [7, 11) is 0. The molecule has 0 spiro atoms. The van der Waals surface area contributed by atoms with Crippen LogP contribution in [0.25, 0.3) is 21.3 Å². The summed E-state index contributed by atoms with van der Waals surface area (Å²) < 4.78 is 29.3. The lowest BCUT2D eigenvalue weighted by Crippen LogP contribution is -2.60. The molecule has 10 heteroatoms. The van der Waals surface area contributed by atoms with Crippen LogP contribution in [-0.2, 0) is 11.3 Å². The Hall–Kier alpha value is -2.61. The van der Waals surface area contributed by atoms with Gasteiger partial charge >= 0.3 is 0 Å². The second-order valence-electron chi connectivity index (χ2n) is 9.71. The topological polar surface area (TPSA) is 75.4 Å². The number of likely N-dealkylation sites (tertiary alicyclic amines) is 1. The van der Waals surface area contributed by atoms with Gasteiger partial charge in [0, 0.05) is 5.56 Å². The summed E-state index contributed by atoms with van der Waals surface area (Å²) >= 11 is 4.42. The number of aliphatic hydroxyl groups is 1. The van der Waals surface area contributed by atoms with Gasteiger partial charge in [0.25, 0.3) is 5.56 Å². The Balaban J connectivity index is 1.57. The lowest BCUT2D eigenvalue weighted by molar-refractivity contribution is -0.144. The van der Waals surface area contributed by atoms with Crippen LogP contribution in [0.15, 0.2) is 33.8 Å². The predicted octanol–water partition coefficient (Wildman–Crippen LogP) is 4.50. The highest BCUT2D eigenvalue weighted by Crippen LogP contribution is 2.37. The zero-order valence-corrected chi connectivity index (χ0v) is 22.0. The second-order valence-corrected chi connectivity index (χ2v) is 11.6. The van der Waals surface area contributed by atoms with E-state index in [1.807, 2.05) is 0 Å². The number of thiophene rings is 1. The van der Waals surface area contributed by atoms with Gasteiger partial charge in [0.2, 0.25) is 5.91 Å². The fourth-order valence-electron chi connectivity index (χ4n) is 4.86. The van der Waals surface area contributed by atoms with Crippen LogP contribution in [0.4, 0.5) is 8.78 Å². The van der Waals surface area contributed by atoms with Gasteiger partial charge in [-0.15, -0.1) is 11.3 Å². The fourth-order valence-corrected chi connectivity index (χ4v) is 6.25. The van der Waals surface area contributed by atoms with Gasteiger partial charge in [-0.3, -0.25) is 14.2 Å². The predicted molar refractivity (Wildman–Crippen MR) is 138 cm³/mol. The molecule has 5 rings (SSSR count). The zero-order valence-electron chi connectivity index (χ0n) is 19.6. The molecule has 3 heterocycles. The van der Waals surface area contributed by atoms with Crippen LogP contribution in [0.2, 0.25) is 0 Å². The Morgan fingerprint density at radius 2 is 2.08 bits per heavy atom. The van der Waals surface area contributed by atoms with Gasteiger partial charge in [0.1, 0.15) is 29.0 Å². The highest BCUT2D eigenvalue weighted by atomic mass is 79.9. The van der Waals surface area contributed by atoms with Crippen molar-refractivity contribution in [2.45, 2.75) is 50.9 Å². The molecule has 6 nitrogen and oxygen atoms in total. The van der Waals surface area contributed by atoms with Gasteiger partial charge in [-0.2, -0.15) is 0 Å². The monoisotopic (exact) mass is 575 g/mol. The van der Waals surface area contributed by atoms with Crippen LogP contribution < -0.4 is 5.56 Å². The van der Waals surface area contributed by atoms with Crippen molar-refractivity contribution in [3.63, 3.8) is 0 Å². The molecule has 1 aliphatic carbocycles. The third-order valence-electron chi connectivity index (χ3n) is 6.77. The SMILES string of the molecule is CC1(F)CN(C(=O)Cn2cnc3sc(C#CC(O)C4CCCC4)c(-c4ccc(F)c(Br)c4)c3c2=O)C1. The minimum absolute atomic E-state index is 0.00732. The van der Waals surface area contributed by atoms with Crippen molar-refractivity contribution in [2.24, 2.45) is 5.92 Å². The second kappa shape index (κ2) is 9.69. The molecule has 1 atom stereocenters. The minimum atomic E-state index is -1.41. The molecular weight excluding hydrogens is 552 g/mol. The highest BCUT2D eigenvalue weighted by Gasteiger charge is 2.41. The molecule has 1 N–H and O–H groups in total. The number of carbonyl (C=O) groups is 1.